The first-order valence-electron chi connectivity index (χ1n) is 5.70. The van der Waals surface area contributed by atoms with Gasteiger partial charge in [-0.25, -0.2) is 0 Å². The highest BCUT2D eigenvalue weighted by atomic mass is 35.5. The van der Waals surface area contributed by atoms with E-state index in [0.29, 0.717) is 6.04 Å². The molecule has 2 heteroatoms. The summed E-state index contributed by atoms with van der Waals surface area (Å²) in [6.45, 7) is 5.56. The molecule has 0 aliphatic carbocycles. The molecular formula is C13H20ClN. The Morgan fingerprint density at radius 1 is 1.27 bits per heavy atom. The number of hydrogen-bond donors (Lipinski definition) is 1. The Labute approximate surface area is 97.8 Å². The maximum Gasteiger partial charge on any atom is 0.0406 e. The van der Waals surface area contributed by atoms with Crippen LogP contribution in [-0.4, -0.2) is 12.6 Å². The molecule has 15 heavy (non-hydrogen) atoms. The summed E-state index contributed by atoms with van der Waals surface area (Å²) >= 11 is 5.83. The van der Waals surface area contributed by atoms with Gasteiger partial charge in [0.25, 0.3) is 0 Å². The lowest BCUT2D eigenvalue weighted by Gasteiger charge is -2.13. The molecule has 0 aliphatic heterocycles. The van der Waals surface area contributed by atoms with Crippen molar-refractivity contribution in [3.63, 3.8) is 0 Å². The average molecular weight is 226 g/mol. The van der Waals surface area contributed by atoms with Gasteiger partial charge in [-0.2, -0.15) is 0 Å². The quantitative estimate of drug-likeness (QED) is 0.729. The Morgan fingerprint density at radius 2 is 1.93 bits per heavy atom. The van der Waals surface area contributed by atoms with Crippen molar-refractivity contribution in [2.75, 3.05) is 6.54 Å². The summed E-state index contributed by atoms with van der Waals surface area (Å²) in [5, 5.41) is 4.32. The van der Waals surface area contributed by atoms with Crippen LogP contribution in [0.1, 0.15) is 32.3 Å². The summed E-state index contributed by atoms with van der Waals surface area (Å²) in [6, 6.07) is 8.64. The molecule has 0 bridgehead atoms. The van der Waals surface area contributed by atoms with E-state index in [1.165, 1.54) is 18.4 Å². The maximum absolute atomic E-state index is 5.83. The number of hydrogen-bond acceptors (Lipinski definition) is 1. The Bertz CT molecular complexity index is 268. The Kier molecular flexibility index (Phi) is 5.74. The van der Waals surface area contributed by atoms with Crippen LogP contribution in [0.4, 0.5) is 0 Å². The van der Waals surface area contributed by atoms with Crippen LogP contribution in [-0.2, 0) is 6.42 Å². The lowest BCUT2D eigenvalue weighted by atomic mass is 10.1. The number of benzene rings is 1. The lowest BCUT2D eigenvalue weighted by molar-refractivity contribution is 0.531. The van der Waals surface area contributed by atoms with Crippen LogP contribution in [0.5, 0.6) is 0 Å². The van der Waals surface area contributed by atoms with Crippen LogP contribution in [0.2, 0.25) is 5.02 Å². The van der Waals surface area contributed by atoms with Crippen molar-refractivity contribution in [3.05, 3.63) is 34.9 Å². The zero-order valence-corrected chi connectivity index (χ0v) is 10.3. The summed E-state index contributed by atoms with van der Waals surface area (Å²) in [6.07, 6.45) is 3.58. The standard InChI is InChI=1S/C13H20ClN/c1-3-4-9-15-11(2)10-12-5-7-13(14)8-6-12/h5-8,11,15H,3-4,9-10H2,1-2H3. The van der Waals surface area contributed by atoms with Crippen LogP contribution in [0, 0.1) is 0 Å². The molecule has 1 nitrogen and oxygen atoms in total. The second-order valence-electron chi connectivity index (χ2n) is 4.04. The molecule has 1 aromatic rings. The van der Waals surface area contributed by atoms with E-state index in [-0.39, 0.29) is 0 Å². The molecule has 1 aromatic carbocycles. The largest absolute Gasteiger partial charge is 0.314 e. The predicted molar refractivity (Wildman–Crippen MR) is 67.5 cm³/mol. The van der Waals surface area contributed by atoms with Gasteiger partial charge in [-0.05, 0) is 44.0 Å². The minimum absolute atomic E-state index is 0.540. The highest BCUT2D eigenvalue weighted by Crippen LogP contribution is 2.10. The second-order valence-corrected chi connectivity index (χ2v) is 4.48. The molecule has 0 saturated carbocycles. The summed E-state index contributed by atoms with van der Waals surface area (Å²) in [5.74, 6) is 0. The fourth-order valence-corrected chi connectivity index (χ4v) is 1.70. The predicted octanol–water partition coefficient (Wildman–Crippen LogP) is 3.66. The third-order valence-corrected chi connectivity index (χ3v) is 2.73. The van der Waals surface area contributed by atoms with E-state index in [9.17, 15) is 0 Å². The van der Waals surface area contributed by atoms with Crippen molar-refractivity contribution in [1.82, 2.24) is 5.32 Å². The monoisotopic (exact) mass is 225 g/mol. The van der Waals surface area contributed by atoms with Gasteiger partial charge in [-0.1, -0.05) is 37.1 Å². The van der Waals surface area contributed by atoms with Gasteiger partial charge >= 0.3 is 0 Å². The van der Waals surface area contributed by atoms with Crippen molar-refractivity contribution < 1.29 is 0 Å². The topological polar surface area (TPSA) is 12.0 Å². The molecule has 1 atom stereocenters. The van der Waals surface area contributed by atoms with Crippen molar-refractivity contribution in [3.8, 4) is 0 Å². The number of rotatable bonds is 6. The Hall–Kier alpha value is -0.530. The van der Waals surface area contributed by atoms with Gasteiger partial charge in [0, 0.05) is 11.1 Å². The van der Waals surface area contributed by atoms with Crippen LogP contribution in [0.25, 0.3) is 0 Å². The van der Waals surface area contributed by atoms with Gasteiger partial charge in [0.1, 0.15) is 0 Å². The Morgan fingerprint density at radius 3 is 2.53 bits per heavy atom. The Balaban J connectivity index is 2.31. The number of halogens is 1. The molecule has 84 valence electrons. The third kappa shape index (κ3) is 5.19. The third-order valence-electron chi connectivity index (χ3n) is 2.48. The van der Waals surface area contributed by atoms with E-state index in [2.05, 4.69) is 31.3 Å². The van der Waals surface area contributed by atoms with E-state index in [4.69, 9.17) is 11.6 Å². The summed E-state index contributed by atoms with van der Waals surface area (Å²) in [7, 11) is 0. The highest BCUT2D eigenvalue weighted by Gasteiger charge is 2.01. The minimum Gasteiger partial charge on any atom is -0.314 e. The van der Waals surface area contributed by atoms with Crippen LogP contribution < -0.4 is 5.32 Å². The van der Waals surface area contributed by atoms with Crippen LogP contribution in [0.3, 0.4) is 0 Å². The fraction of sp³-hybridized carbons (Fsp3) is 0.538. The molecule has 0 fully saturated rings. The lowest BCUT2D eigenvalue weighted by Crippen LogP contribution is -2.28. The van der Waals surface area contributed by atoms with Gasteiger partial charge in [0.05, 0.1) is 0 Å². The molecule has 0 radical (unpaired) electrons. The van der Waals surface area contributed by atoms with Crippen LogP contribution in [0.15, 0.2) is 24.3 Å². The second kappa shape index (κ2) is 6.86. The first-order chi connectivity index (χ1) is 7.22. The molecule has 0 heterocycles. The van der Waals surface area contributed by atoms with Gasteiger partial charge in [-0.15, -0.1) is 0 Å². The molecule has 0 aromatic heterocycles. The van der Waals surface area contributed by atoms with Gasteiger partial charge in [0.2, 0.25) is 0 Å². The molecule has 0 aliphatic rings. The number of nitrogens with one attached hydrogen (secondary N) is 1. The fourth-order valence-electron chi connectivity index (χ4n) is 1.57. The summed E-state index contributed by atoms with van der Waals surface area (Å²) in [4.78, 5) is 0. The van der Waals surface area contributed by atoms with E-state index in [1.54, 1.807) is 0 Å². The SMILES string of the molecule is CCCCNC(C)Cc1ccc(Cl)cc1. The smallest absolute Gasteiger partial charge is 0.0406 e. The van der Waals surface area contributed by atoms with Crippen molar-refractivity contribution >= 4 is 11.6 Å². The molecule has 1 unspecified atom stereocenters. The van der Waals surface area contributed by atoms with Gasteiger partial charge in [-0.3, -0.25) is 0 Å². The van der Waals surface area contributed by atoms with Crippen molar-refractivity contribution in [2.24, 2.45) is 0 Å². The summed E-state index contributed by atoms with van der Waals surface area (Å²) in [5.41, 5.74) is 1.34. The maximum atomic E-state index is 5.83. The highest BCUT2D eigenvalue weighted by molar-refractivity contribution is 6.30. The molecular weight excluding hydrogens is 206 g/mol. The van der Waals surface area contributed by atoms with Gasteiger partial charge in [0.15, 0.2) is 0 Å². The molecule has 1 N–H and O–H groups in total. The molecule has 0 saturated heterocycles. The molecule has 1 rings (SSSR count). The van der Waals surface area contributed by atoms with Crippen LogP contribution >= 0.6 is 11.6 Å². The van der Waals surface area contributed by atoms with Crippen molar-refractivity contribution in [2.45, 2.75) is 39.2 Å². The average Bonchev–Trinajstić information content (AvgIpc) is 2.22. The van der Waals surface area contributed by atoms with Gasteiger partial charge < -0.3 is 5.32 Å². The van der Waals surface area contributed by atoms with E-state index < -0.39 is 0 Å². The molecule has 0 spiro atoms. The normalized spacial score (nSPS) is 12.7. The summed E-state index contributed by atoms with van der Waals surface area (Å²) < 4.78 is 0. The van der Waals surface area contributed by atoms with E-state index >= 15 is 0 Å². The van der Waals surface area contributed by atoms with E-state index in [0.717, 1.165) is 18.0 Å². The minimum atomic E-state index is 0.540. The number of unbranched alkanes of at least 4 members (excludes halogenated alkanes) is 1. The zero-order valence-electron chi connectivity index (χ0n) is 9.59. The first-order valence-corrected chi connectivity index (χ1v) is 6.08. The van der Waals surface area contributed by atoms with E-state index in [1.807, 2.05) is 12.1 Å². The zero-order chi connectivity index (χ0) is 11.1. The van der Waals surface area contributed by atoms with Crippen molar-refractivity contribution in [1.29, 1.82) is 0 Å². The first kappa shape index (κ1) is 12.5. The molecule has 0 amide bonds.